The van der Waals surface area contributed by atoms with Crippen LogP contribution in [0.2, 0.25) is 0 Å². The van der Waals surface area contributed by atoms with E-state index in [0.29, 0.717) is 11.7 Å². The van der Waals surface area contributed by atoms with Crippen molar-refractivity contribution in [2.24, 2.45) is 15.4 Å². The lowest BCUT2D eigenvalue weighted by molar-refractivity contribution is -0.117. The van der Waals surface area contributed by atoms with E-state index in [0.717, 1.165) is 38.8 Å². The molecule has 4 rings (SSSR count). The summed E-state index contributed by atoms with van der Waals surface area (Å²) >= 11 is 0. The molecule has 1 amide bonds. The number of hydrogen-bond donors (Lipinski definition) is 1. The van der Waals surface area contributed by atoms with Crippen LogP contribution in [0, 0.1) is 5.92 Å². The van der Waals surface area contributed by atoms with E-state index in [4.69, 9.17) is 5.14 Å². The molecule has 5 nitrogen and oxygen atoms in total. The number of nitrogens with two attached hydrogens (primary N) is 1. The van der Waals surface area contributed by atoms with E-state index in [9.17, 15) is 9.00 Å². The summed E-state index contributed by atoms with van der Waals surface area (Å²) < 4.78 is 16.5. The fraction of sp³-hybridized carbons (Fsp3) is 0.632. The molecular weight excluding hydrogens is 334 g/mol. The van der Waals surface area contributed by atoms with Gasteiger partial charge in [0.25, 0.3) is 5.91 Å². The Morgan fingerprint density at radius 1 is 1.20 bits per heavy atom. The van der Waals surface area contributed by atoms with Crippen LogP contribution in [0.15, 0.2) is 10.4 Å². The second kappa shape index (κ2) is 6.49. The van der Waals surface area contributed by atoms with Crippen molar-refractivity contribution in [3.63, 3.8) is 0 Å². The van der Waals surface area contributed by atoms with Gasteiger partial charge in [0.05, 0.1) is 12.2 Å². The maximum absolute atomic E-state index is 12.5. The molecule has 1 unspecified atom stereocenters. The zero-order chi connectivity index (χ0) is 17.6. The van der Waals surface area contributed by atoms with Crippen LogP contribution in [0.1, 0.15) is 40.7 Å². The first-order chi connectivity index (χ1) is 11.9. The number of carbonyl (C=O) groups is 1. The second-order valence-corrected chi connectivity index (χ2v) is 9.84. The minimum atomic E-state index is -2.91. The number of nitrogens with zero attached hydrogens (tertiary/aromatic N) is 2. The summed E-state index contributed by atoms with van der Waals surface area (Å²) in [4.78, 5) is 14.7. The van der Waals surface area contributed by atoms with Gasteiger partial charge in [0.1, 0.15) is 9.92 Å². The molecule has 6 heteroatoms. The average Bonchev–Trinajstić information content (AvgIpc) is 3.12. The topological polar surface area (TPSA) is 75.8 Å². The molecule has 1 atom stereocenters. The number of hydrogen-bond acceptors (Lipinski definition) is 3. The first-order valence-corrected chi connectivity index (χ1v) is 11.1. The summed E-state index contributed by atoms with van der Waals surface area (Å²) in [5, 5.41) is 5.87. The van der Waals surface area contributed by atoms with Crippen LogP contribution in [0.3, 0.4) is 0 Å². The lowest BCUT2D eigenvalue weighted by Gasteiger charge is -2.36. The molecule has 0 radical (unpaired) electrons. The lowest BCUT2D eigenvalue weighted by Crippen LogP contribution is -2.47. The van der Waals surface area contributed by atoms with Crippen molar-refractivity contribution in [2.75, 3.05) is 25.9 Å². The third-order valence-electron chi connectivity index (χ3n) is 5.80. The van der Waals surface area contributed by atoms with Crippen LogP contribution in [0.5, 0.6) is 0 Å². The highest BCUT2D eigenvalue weighted by Crippen LogP contribution is 2.35. The maximum Gasteiger partial charge on any atom is 0.259 e. The van der Waals surface area contributed by atoms with E-state index in [-0.39, 0.29) is 12.3 Å². The first kappa shape index (κ1) is 17.2. The molecule has 0 bridgehead atoms. The Kier molecular flexibility index (Phi) is 4.46. The van der Waals surface area contributed by atoms with Crippen molar-refractivity contribution in [3.8, 4) is 0 Å². The minimum Gasteiger partial charge on any atom is -0.306 e. The number of aryl methyl sites for hydroxylation is 2. The zero-order valence-corrected chi connectivity index (χ0v) is 15.7. The lowest BCUT2D eigenvalue weighted by atomic mass is 9.92. The van der Waals surface area contributed by atoms with Gasteiger partial charge in [0.15, 0.2) is 0 Å². The average molecular weight is 362 g/mol. The normalized spacial score (nSPS) is 22.2. The maximum atomic E-state index is 12.5. The number of amides is 1. The predicted molar refractivity (Wildman–Crippen MR) is 99.8 cm³/mol. The third-order valence-corrected chi connectivity index (χ3v) is 7.26. The molecule has 25 heavy (non-hydrogen) atoms. The van der Waals surface area contributed by atoms with Gasteiger partial charge in [0, 0.05) is 13.1 Å². The van der Waals surface area contributed by atoms with Crippen molar-refractivity contribution in [3.05, 3.63) is 33.9 Å². The van der Waals surface area contributed by atoms with E-state index in [1.54, 1.807) is 0 Å². The minimum absolute atomic E-state index is 0.268. The zero-order valence-electron chi connectivity index (χ0n) is 14.9. The Hall–Kier alpha value is -1.24. The molecule has 2 aliphatic carbocycles. The molecule has 0 spiro atoms. The van der Waals surface area contributed by atoms with Gasteiger partial charge in [-0.15, -0.1) is 4.36 Å². The number of likely N-dealkylation sites (tertiary alicyclic amines) is 1. The Morgan fingerprint density at radius 3 is 2.36 bits per heavy atom. The van der Waals surface area contributed by atoms with Crippen LogP contribution in [0.4, 0.5) is 0 Å². The Labute approximate surface area is 150 Å². The highest BCUT2D eigenvalue weighted by molar-refractivity contribution is 7.91. The van der Waals surface area contributed by atoms with E-state index in [1.807, 2.05) is 7.05 Å². The van der Waals surface area contributed by atoms with Crippen molar-refractivity contribution < 1.29 is 9.00 Å². The smallest absolute Gasteiger partial charge is 0.259 e. The van der Waals surface area contributed by atoms with Crippen molar-refractivity contribution in [1.82, 2.24) is 4.90 Å². The van der Waals surface area contributed by atoms with Crippen molar-refractivity contribution in [2.45, 2.75) is 44.9 Å². The monoisotopic (exact) mass is 361 g/mol. The Balaban J connectivity index is 1.55. The standard InChI is InChI=1S/C19H27N3O2S/c1-22-10-13(11-22)12-25(20,24)21-19(23)9-18-16-6-2-4-14(16)8-15-5-3-7-17(15)18/h8,13H,2-7,9-12H2,1H3,(H2,20,21,23,24). The molecule has 1 aromatic rings. The summed E-state index contributed by atoms with van der Waals surface area (Å²) in [7, 11) is -0.892. The van der Waals surface area contributed by atoms with E-state index in [2.05, 4.69) is 15.3 Å². The molecule has 1 aromatic carbocycles. The van der Waals surface area contributed by atoms with Crippen LogP contribution >= 0.6 is 0 Å². The molecule has 1 saturated heterocycles. The summed E-state index contributed by atoms with van der Waals surface area (Å²) in [6.07, 6.45) is 6.94. The van der Waals surface area contributed by atoms with Gasteiger partial charge < -0.3 is 4.90 Å². The third kappa shape index (κ3) is 3.52. The Morgan fingerprint density at radius 2 is 1.80 bits per heavy atom. The van der Waals surface area contributed by atoms with Gasteiger partial charge in [-0.2, -0.15) is 0 Å². The SMILES string of the molecule is CN1CC(CS(N)(=O)=NC(=O)Cc2c3c(cc4c2CCC4)CCC3)C1. The van der Waals surface area contributed by atoms with Crippen LogP contribution < -0.4 is 5.14 Å². The fourth-order valence-electron chi connectivity index (χ4n) is 4.81. The molecule has 1 aliphatic heterocycles. The first-order valence-electron chi connectivity index (χ1n) is 9.30. The molecular formula is C19H27N3O2S. The number of carbonyl (C=O) groups excluding carboxylic acids is 1. The van der Waals surface area contributed by atoms with Crippen LogP contribution in [0.25, 0.3) is 0 Å². The van der Waals surface area contributed by atoms with Gasteiger partial charge in [-0.1, -0.05) is 6.07 Å². The predicted octanol–water partition coefficient (Wildman–Crippen LogP) is 1.64. The summed E-state index contributed by atoms with van der Waals surface area (Å²) in [5.74, 6) is 0.313. The second-order valence-electron chi connectivity index (χ2n) is 7.94. The largest absolute Gasteiger partial charge is 0.306 e. The molecule has 2 N–H and O–H groups in total. The van der Waals surface area contributed by atoms with Gasteiger partial charge in [-0.25, -0.2) is 9.35 Å². The van der Waals surface area contributed by atoms with Gasteiger partial charge in [-0.3, -0.25) is 4.79 Å². The van der Waals surface area contributed by atoms with Crippen molar-refractivity contribution >= 4 is 15.8 Å². The van der Waals surface area contributed by atoms with Crippen LogP contribution in [-0.4, -0.2) is 40.9 Å². The summed E-state index contributed by atoms with van der Waals surface area (Å²) in [6, 6.07) is 2.36. The molecule has 0 aromatic heterocycles. The van der Waals surface area contributed by atoms with E-state index in [1.165, 1.54) is 40.7 Å². The highest BCUT2D eigenvalue weighted by atomic mass is 32.2. The van der Waals surface area contributed by atoms with Gasteiger partial charge >= 0.3 is 0 Å². The molecule has 136 valence electrons. The quantitative estimate of drug-likeness (QED) is 0.886. The Bertz CT molecular complexity index is 801. The van der Waals surface area contributed by atoms with E-state index >= 15 is 0 Å². The van der Waals surface area contributed by atoms with Crippen molar-refractivity contribution in [1.29, 1.82) is 0 Å². The van der Waals surface area contributed by atoms with Crippen LogP contribution in [-0.2, 0) is 46.8 Å². The summed E-state index contributed by atoms with van der Waals surface area (Å²) in [5.41, 5.74) is 6.71. The van der Waals surface area contributed by atoms with E-state index < -0.39 is 9.92 Å². The molecule has 0 saturated carbocycles. The number of rotatable bonds is 4. The van der Waals surface area contributed by atoms with Gasteiger partial charge in [-0.05, 0) is 79.3 Å². The fourth-order valence-corrected chi connectivity index (χ4v) is 6.18. The number of benzene rings is 1. The molecule has 1 fully saturated rings. The molecule has 3 aliphatic rings. The highest BCUT2D eigenvalue weighted by Gasteiger charge is 2.28. The summed E-state index contributed by atoms with van der Waals surface area (Å²) in [6.45, 7) is 1.77. The molecule has 1 heterocycles. The number of fused-ring (bicyclic) bond motifs is 2. The van der Waals surface area contributed by atoms with Gasteiger partial charge in [0.2, 0.25) is 0 Å².